The monoisotopic (exact) mass is 642 g/mol. The lowest BCUT2D eigenvalue weighted by molar-refractivity contribution is -0.112. The molecule has 5 nitrogen and oxygen atoms in total. The number of amides is 1. The molecule has 186 valence electrons. The van der Waals surface area contributed by atoms with E-state index in [1.807, 2.05) is 43.3 Å². The number of benzene rings is 4. The van der Waals surface area contributed by atoms with Gasteiger partial charge in [-0.2, -0.15) is 5.26 Å². The van der Waals surface area contributed by atoms with Crippen LogP contribution in [0, 0.1) is 14.9 Å². The molecule has 0 aliphatic rings. The van der Waals surface area contributed by atoms with Crippen molar-refractivity contribution in [1.82, 2.24) is 0 Å². The topological polar surface area (TPSA) is 71.3 Å². The van der Waals surface area contributed by atoms with Crippen LogP contribution in [0.4, 0.5) is 5.69 Å². The van der Waals surface area contributed by atoms with E-state index in [-0.39, 0.29) is 10.6 Å². The first-order valence-electron chi connectivity index (χ1n) is 11.3. The minimum Gasteiger partial charge on any atom is -0.490 e. The van der Waals surface area contributed by atoms with Gasteiger partial charge in [-0.25, -0.2) is 0 Å². The Morgan fingerprint density at radius 1 is 1.05 bits per heavy atom. The average Bonchev–Trinajstić information content (AvgIpc) is 2.89. The summed E-state index contributed by atoms with van der Waals surface area (Å²) in [4.78, 5) is 12.8. The Labute approximate surface area is 238 Å². The number of rotatable bonds is 8. The molecule has 0 unspecified atom stereocenters. The molecule has 4 rings (SSSR count). The number of nitrogens with one attached hydrogen (secondary N) is 1. The summed E-state index contributed by atoms with van der Waals surface area (Å²) in [6.07, 6.45) is 1.49. The number of hydrogen-bond acceptors (Lipinski definition) is 4. The maximum absolute atomic E-state index is 12.8. The minimum absolute atomic E-state index is 0.0984. The molecule has 0 saturated heterocycles. The fourth-order valence-corrected chi connectivity index (χ4v) is 4.88. The Kier molecular flexibility index (Phi) is 8.93. The Morgan fingerprint density at radius 3 is 2.59 bits per heavy atom. The van der Waals surface area contributed by atoms with Gasteiger partial charge in [0.25, 0.3) is 5.91 Å². The highest BCUT2D eigenvalue weighted by molar-refractivity contribution is 14.1. The number of anilines is 1. The maximum atomic E-state index is 12.8. The van der Waals surface area contributed by atoms with E-state index in [1.54, 1.807) is 24.3 Å². The van der Waals surface area contributed by atoms with Crippen molar-refractivity contribution in [1.29, 1.82) is 5.26 Å². The molecule has 4 aromatic rings. The molecular weight excluding hydrogens is 622 g/mol. The number of carbonyl (C=O) groups excluding carboxylic acids is 1. The van der Waals surface area contributed by atoms with E-state index in [1.165, 1.54) is 6.08 Å². The van der Waals surface area contributed by atoms with Gasteiger partial charge in [0.15, 0.2) is 11.5 Å². The summed E-state index contributed by atoms with van der Waals surface area (Å²) in [7, 11) is 0. The van der Waals surface area contributed by atoms with Gasteiger partial charge in [0.1, 0.15) is 18.2 Å². The average molecular weight is 643 g/mol. The summed E-state index contributed by atoms with van der Waals surface area (Å²) in [6.45, 7) is 2.67. The third-order valence-corrected chi connectivity index (χ3v) is 7.08. The van der Waals surface area contributed by atoms with Crippen LogP contribution in [0.2, 0.25) is 10.0 Å². The molecule has 0 spiro atoms. The third kappa shape index (κ3) is 6.37. The predicted octanol–water partition coefficient (Wildman–Crippen LogP) is 8.27. The van der Waals surface area contributed by atoms with Crippen molar-refractivity contribution in [3.63, 3.8) is 0 Å². The fourth-order valence-electron chi connectivity index (χ4n) is 3.75. The number of carbonyl (C=O) groups is 1. The summed E-state index contributed by atoms with van der Waals surface area (Å²) < 4.78 is 12.9. The molecule has 4 aromatic carbocycles. The first-order valence-corrected chi connectivity index (χ1v) is 13.2. The fraction of sp³-hybridized carbons (Fsp3) is 0.103. The number of nitrogens with zero attached hydrogens (tertiary/aromatic N) is 1. The van der Waals surface area contributed by atoms with Crippen LogP contribution < -0.4 is 14.8 Å². The van der Waals surface area contributed by atoms with Crippen LogP contribution in [0.15, 0.2) is 78.4 Å². The quantitative estimate of drug-likeness (QED) is 0.119. The molecule has 0 bridgehead atoms. The zero-order valence-electron chi connectivity index (χ0n) is 19.7. The van der Waals surface area contributed by atoms with Crippen molar-refractivity contribution in [2.45, 2.75) is 13.5 Å². The third-order valence-electron chi connectivity index (χ3n) is 5.46. The van der Waals surface area contributed by atoms with Gasteiger partial charge in [-0.3, -0.25) is 4.79 Å². The van der Waals surface area contributed by atoms with E-state index < -0.39 is 5.91 Å². The van der Waals surface area contributed by atoms with Gasteiger partial charge in [-0.05, 0) is 81.8 Å². The number of halogens is 3. The van der Waals surface area contributed by atoms with Gasteiger partial charge in [0.05, 0.1) is 25.9 Å². The van der Waals surface area contributed by atoms with Crippen LogP contribution in [0.3, 0.4) is 0 Å². The highest BCUT2D eigenvalue weighted by atomic mass is 127. The summed E-state index contributed by atoms with van der Waals surface area (Å²) in [5.74, 6) is 0.522. The second-order valence-electron chi connectivity index (χ2n) is 7.92. The summed E-state index contributed by atoms with van der Waals surface area (Å²) in [6, 6.07) is 24.7. The van der Waals surface area contributed by atoms with E-state index in [9.17, 15) is 10.1 Å². The molecule has 37 heavy (non-hydrogen) atoms. The second-order valence-corrected chi connectivity index (χ2v) is 9.86. The predicted molar refractivity (Wildman–Crippen MR) is 157 cm³/mol. The molecule has 0 radical (unpaired) electrons. The highest BCUT2D eigenvalue weighted by Crippen LogP contribution is 2.36. The van der Waals surface area contributed by atoms with Gasteiger partial charge in [-0.15, -0.1) is 0 Å². The molecule has 1 amide bonds. The van der Waals surface area contributed by atoms with Gasteiger partial charge in [-0.1, -0.05) is 71.7 Å². The van der Waals surface area contributed by atoms with Crippen molar-refractivity contribution >= 4 is 74.2 Å². The Bertz CT molecular complexity index is 1540. The van der Waals surface area contributed by atoms with Crippen molar-refractivity contribution in [2.24, 2.45) is 0 Å². The van der Waals surface area contributed by atoms with Gasteiger partial charge < -0.3 is 14.8 Å². The van der Waals surface area contributed by atoms with Crippen LogP contribution in [-0.4, -0.2) is 12.5 Å². The molecule has 0 atom stereocenters. The lowest BCUT2D eigenvalue weighted by atomic mass is 10.1. The van der Waals surface area contributed by atoms with Crippen molar-refractivity contribution < 1.29 is 14.3 Å². The lowest BCUT2D eigenvalue weighted by Gasteiger charge is -2.16. The smallest absolute Gasteiger partial charge is 0.266 e. The normalized spacial score (nSPS) is 11.2. The first kappa shape index (κ1) is 26.8. The number of ether oxygens (including phenoxy) is 2. The number of nitriles is 1. The highest BCUT2D eigenvalue weighted by Gasteiger charge is 2.16. The Morgan fingerprint density at radius 2 is 1.81 bits per heavy atom. The van der Waals surface area contributed by atoms with Crippen LogP contribution in [0.1, 0.15) is 18.1 Å². The Balaban J connectivity index is 1.60. The number of fused-ring (bicyclic) bond motifs is 1. The maximum Gasteiger partial charge on any atom is 0.266 e. The molecule has 0 aliphatic heterocycles. The van der Waals surface area contributed by atoms with E-state index in [2.05, 4.69) is 46.1 Å². The van der Waals surface area contributed by atoms with Crippen molar-refractivity contribution in [3.8, 4) is 17.6 Å². The summed E-state index contributed by atoms with van der Waals surface area (Å²) in [5.41, 5.74) is 1.90. The van der Waals surface area contributed by atoms with Gasteiger partial charge in [0, 0.05) is 0 Å². The van der Waals surface area contributed by atoms with E-state index in [0.29, 0.717) is 41.0 Å². The SMILES string of the molecule is CCOc1cc(/C=C(/C#N)C(=O)Nc2cccc(Cl)c2Cl)cc(I)c1OCc1cccc2ccccc12. The zero-order valence-corrected chi connectivity index (χ0v) is 23.4. The van der Waals surface area contributed by atoms with Crippen molar-refractivity contribution in [3.05, 3.63) is 103 Å². The molecular formula is C29H21Cl2IN2O3. The van der Waals surface area contributed by atoms with Crippen LogP contribution in [0.25, 0.3) is 16.8 Å². The van der Waals surface area contributed by atoms with E-state index >= 15 is 0 Å². The molecule has 0 heterocycles. The van der Waals surface area contributed by atoms with Crippen LogP contribution >= 0.6 is 45.8 Å². The van der Waals surface area contributed by atoms with Gasteiger partial charge >= 0.3 is 0 Å². The molecule has 0 aromatic heterocycles. The van der Waals surface area contributed by atoms with Crippen LogP contribution in [-0.2, 0) is 11.4 Å². The largest absolute Gasteiger partial charge is 0.490 e. The molecule has 0 saturated carbocycles. The first-order chi connectivity index (χ1) is 17.9. The summed E-state index contributed by atoms with van der Waals surface area (Å²) >= 11 is 14.4. The molecule has 1 N–H and O–H groups in total. The number of hydrogen-bond donors (Lipinski definition) is 1. The lowest BCUT2D eigenvalue weighted by Crippen LogP contribution is -2.13. The van der Waals surface area contributed by atoms with Crippen molar-refractivity contribution in [2.75, 3.05) is 11.9 Å². The standard InChI is InChI=1S/C29H21Cl2IN2O3/c1-2-36-26-15-18(13-21(16-33)29(35)34-25-12-6-11-23(30)27(25)31)14-24(32)28(26)37-17-20-9-5-8-19-7-3-4-10-22(19)20/h3-15H,2,17H2,1H3,(H,34,35)/b21-13-. The zero-order chi connectivity index (χ0) is 26.4. The van der Waals surface area contributed by atoms with E-state index in [4.69, 9.17) is 32.7 Å². The molecule has 8 heteroatoms. The molecule has 0 fully saturated rings. The minimum atomic E-state index is -0.601. The van der Waals surface area contributed by atoms with E-state index in [0.717, 1.165) is 19.9 Å². The van der Waals surface area contributed by atoms with Crippen LogP contribution in [0.5, 0.6) is 11.5 Å². The second kappa shape index (κ2) is 12.3. The molecule has 0 aliphatic carbocycles. The Hall–Kier alpha value is -3.25. The van der Waals surface area contributed by atoms with Gasteiger partial charge in [0.2, 0.25) is 0 Å². The summed E-state index contributed by atoms with van der Waals surface area (Å²) in [5, 5.41) is 15.1.